The molecule has 2 saturated heterocycles. The van der Waals surface area contributed by atoms with Gasteiger partial charge in [-0.15, -0.1) is 0 Å². The maximum Gasteiger partial charge on any atom is 0.410 e. The summed E-state index contributed by atoms with van der Waals surface area (Å²) in [5.41, 5.74) is 0.922. The molecule has 0 aromatic carbocycles. The molecule has 3 heterocycles. The Balaban J connectivity index is 1.59. The molecule has 0 radical (unpaired) electrons. The topological polar surface area (TPSA) is 88.6 Å². The molecule has 3 rings (SSSR count). The number of nitrogens with zero attached hydrogens (tertiary/aromatic N) is 3. The van der Waals surface area contributed by atoms with Crippen LogP contribution >= 0.6 is 0 Å². The number of cyclic esters (lactones) is 1. The van der Waals surface area contributed by atoms with Crippen LogP contribution in [0.4, 0.5) is 9.59 Å². The first-order valence-corrected chi connectivity index (χ1v) is 15.0. The number of rotatable bonds is 6. The van der Waals surface area contributed by atoms with E-state index in [1.807, 2.05) is 51.2 Å². The molecule has 0 aromatic heterocycles. The molecule has 0 spiro atoms. The van der Waals surface area contributed by atoms with Crippen LogP contribution in [0, 0.1) is 11.8 Å². The molecule has 9 nitrogen and oxygen atoms in total. The van der Waals surface area contributed by atoms with Crippen molar-refractivity contribution in [2.75, 3.05) is 52.9 Å². The molecule has 3 aliphatic heterocycles. The second-order valence-corrected chi connectivity index (χ2v) is 11.5. The van der Waals surface area contributed by atoms with Gasteiger partial charge < -0.3 is 28.9 Å². The van der Waals surface area contributed by atoms with Crippen molar-refractivity contribution in [1.29, 1.82) is 0 Å². The lowest BCUT2D eigenvalue weighted by atomic mass is 9.95. The van der Waals surface area contributed by atoms with Crippen molar-refractivity contribution in [2.45, 2.75) is 77.9 Å². The summed E-state index contributed by atoms with van der Waals surface area (Å²) in [6.07, 6.45) is 14.3. The minimum atomic E-state index is -0.426. The number of amides is 2. The van der Waals surface area contributed by atoms with E-state index in [9.17, 15) is 14.4 Å². The van der Waals surface area contributed by atoms with Gasteiger partial charge in [0.15, 0.2) is 0 Å². The highest BCUT2D eigenvalue weighted by Crippen LogP contribution is 2.22. The number of hydrogen-bond acceptors (Lipinski definition) is 7. The Labute approximate surface area is 240 Å². The van der Waals surface area contributed by atoms with Crippen LogP contribution in [0.15, 0.2) is 36.0 Å². The fourth-order valence-electron chi connectivity index (χ4n) is 5.14. The first-order chi connectivity index (χ1) is 19.2. The molecule has 3 aliphatic rings. The number of likely N-dealkylation sites (N-methyl/N-ethyl adjacent to an activating group) is 1. The number of ether oxygens (including phenoxy) is 3. The molecule has 2 amide bonds. The van der Waals surface area contributed by atoms with Crippen LogP contribution in [0.3, 0.4) is 0 Å². The molecule has 0 unspecified atom stereocenters. The van der Waals surface area contributed by atoms with Crippen LogP contribution in [-0.2, 0) is 19.0 Å². The fourth-order valence-corrected chi connectivity index (χ4v) is 5.14. The van der Waals surface area contributed by atoms with Gasteiger partial charge in [-0.1, -0.05) is 44.6 Å². The van der Waals surface area contributed by atoms with E-state index in [4.69, 9.17) is 14.2 Å². The van der Waals surface area contributed by atoms with Crippen molar-refractivity contribution in [3.05, 3.63) is 36.0 Å². The Morgan fingerprint density at radius 3 is 2.42 bits per heavy atom. The zero-order valence-corrected chi connectivity index (χ0v) is 24.9. The number of carbonyl (C=O) groups is 3. The summed E-state index contributed by atoms with van der Waals surface area (Å²) in [5, 5.41) is 0. The third-order valence-electron chi connectivity index (χ3n) is 7.83. The lowest BCUT2D eigenvalue weighted by Crippen LogP contribution is -2.47. The van der Waals surface area contributed by atoms with Crippen molar-refractivity contribution in [3.8, 4) is 0 Å². The zero-order valence-electron chi connectivity index (χ0n) is 24.9. The number of carbonyl (C=O) groups excluding carboxylic acids is 3. The maximum absolute atomic E-state index is 12.8. The van der Waals surface area contributed by atoms with Gasteiger partial charge in [0.1, 0.15) is 12.2 Å². The van der Waals surface area contributed by atoms with Crippen molar-refractivity contribution < 1.29 is 28.6 Å². The molecule has 0 N–H and O–H groups in total. The quantitative estimate of drug-likeness (QED) is 0.192. The third kappa shape index (κ3) is 10.6. The van der Waals surface area contributed by atoms with E-state index < -0.39 is 6.10 Å². The van der Waals surface area contributed by atoms with Crippen LogP contribution in [0.5, 0.6) is 0 Å². The zero-order chi connectivity index (χ0) is 28.9. The standard InChI is InChI=1S/C31H49N3O6/c1-24(23-38-30(36)33-17-8-9-18-33)11-10-12-25(2)29-26(3)15-16-27(13-6-5-7-14-28(35)40-29)39-31(37)34-21-19-32(4)20-22-34/h10-12,15-16,24,26-27,29H,5-9,13-14,17-23H2,1-4H3/b11-10+,16-15-,25-12+/t24-,26+,27-,29-/m1/s1. The van der Waals surface area contributed by atoms with E-state index in [1.54, 1.807) is 9.80 Å². The van der Waals surface area contributed by atoms with Gasteiger partial charge in [-0.3, -0.25) is 4.79 Å². The molecule has 2 fully saturated rings. The summed E-state index contributed by atoms with van der Waals surface area (Å²) in [5.74, 6) is -0.234. The van der Waals surface area contributed by atoms with Gasteiger partial charge in [-0.25, -0.2) is 9.59 Å². The van der Waals surface area contributed by atoms with E-state index >= 15 is 0 Å². The van der Waals surface area contributed by atoms with E-state index in [0.717, 1.165) is 70.3 Å². The number of piperazine rings is 1. The minimum Gasteiger partial charge on any atom is -0.457 e. The van der Waals surface area contributed by atoms with Gasteiger partial charge in [0.2, 0.25) is 0 Å². The molecular weight excluding hydrogens is 510 g/mol. The SMILES string of the molecule is C/C(=C\C=C\[C@@H](C)COC(=O)N1CCCC1)[C@H]1OC(=O)CCCCC[C@@H](OC(=O)N2CCN(C)CC2)/C=C\[C@@H]1C. The molecule has 0 saturated carbocycles. The number of hydrogen-bond donors (Lipinski definition) is 0. The summed E-state index contributed by atoms with van der Waals surface area (Å²) < 4.78 is 17.3. The van der Waals surface area contributed by atoms with Crippen molar-refractivity contribution in [3.63, 3.8) is 0 Å². The summed E-state index contributed by atoms with van der Waals surface area (Å²) in [6.45, 7) is 10.9. The number of allylic oxidation sites excluding steroid dienone is 2. The Morgan fingerprint density at radius 2 is 1.70 bits per heavy atom. The summed E-state index contributed by atoms with van der Waals surface area (Å²) in [4.78, 5) is 43.3. The van der Waals surface area contributed by atoms with E-state index in [0.29, 0.717) is 26.1 Å². The molecule has 4 atom stereocenters. The molecule has 0 aromatic rings. The van der Waals surface area contributed by atoms with Crippen LogP contribution in [0.25, 0.3) is 0 Å². The van der Waals surface area contributed by atoms with E-state index in [2.05, 4.69) is 11.9 Å². The largest absolute Gasteiger partial charge is 0.457 e. The average molecular weight is 560 g/mol. The van der Waals surface area contributed by atoms with Crippen LogP contribution in [-0.4, -0.2) is 98.0 Å². The predicted molar refractivity (Wildman–Crippen MR) is 155 cm³/mol. The first-order valence-electron chi connectivity index (χ1n) is 15.0. The number of likely N-dealkylation sites (tertiary alicyclic amines) is 1. The van der Waals surface area contributed by atoms with Crippen LogP contribution in [0.2, 0.25) is 0 Å². The maximum atomic E-state index is 12.8. The second-order valence-electron chi connectivity index (χ2n) is 11.5. The molecule has 9 heteroatoms. The van der Waals surface area contributed by atoms with E-state index in [-0.39, 0.29) is 36.1 Å². The highest BCUT2D eigenvalue weighted by molar-refractivity contribution is 5.70. The molecule has 0 aliphatic carbocycles. The van der Waals surface area contributed by atoms with Crippen LogP contribution < -0.4 is 0 Å². The fraction of sp³-hybridized carbons (Fsp3) is 0.710. The summed E-state index contributed by atoms with van der Waals surface area (Å²) >= 11 is 0. The Bertz CT molecular complexity index is 918. The van der Waals surface area contributed by atoms with Gasteiger partial charge in [0.05, 0.1) is 6.61 Å². The average Bonchev–Trinajstić information content (AvgIpc) is 3.47. The van der Waals surface area contributed by atoms with Crippen molar-refractivity contribution in [2.24, 2.45) is 11.8 Å². The lowest BCUT2D eigenvalue weighted by molar-refractivity contribution is -0.148. The van der Waals surface area contributed by atoms with Crippen molar-refractivity contribution >= 4 is 18.2 Å². The van der Waals surface area contributed by atoms with E-state index in [1.165, 1.54) is 0 Å². The Morgan fingerprint density at radius 1 is 1.00 bits per heavy atom. The van der Waals surface area contributed by atoms with Crippen LogP contribution in [0.1, 0.15) is 65.7 Å². The Kier molecular flexibility index (Phi) is 13.0. The molecule has 0 bridgehead atoms. The number of esters is 1. The molecule has 40 heavy (non-hydrogen) atoms. The highest BCUT2D eigenvalue weighted by atomic mass is 16.6. The summed E-state index contributed by atoms with van der Waals surface area (Å²) in [6, 6.07) is 0. The minimum absolute atomic E-state index is 0.0579. The van der Waals surface area contributed by atoms with Gasteiger partial charge in [0, 0.05) is 57.5 Å². The third-order valence-corrected chi connectivity index (χ3v) is 7.83. The lowest BCUT2D eigenvalue weighted by Gasteiger charge is -2.32. The summed E-state index contributed by atoms with van der Waals surface area (Å²) in [7, 11) is 2.06. The van der Waals surface area contributed by atoms with Gasteiger partial charge in [-0.2, -0.15) is 0 Å². The molecular formula is C31H49N3O6. The van der Waals surface area contributed by atoms with Gasteiger partial charge in [-0.05, 0) is 57.7 Å². The molecule has 224 valence electrons. The monoisotopic (exact) mass is 559 g/mol. The Hall–Kier alpha value is -2.81. The first kappa shape index (κ1) is 31.7. The predicted octanol–water partition coefficient (Wildman–Crippen LogP) is 5.18. The van der Waals surface area contributed by atoms with Gasteiger partial charge in [0.25, 0.3) is 0 Å². The normalized spacial score (nSPS) is 27.4. The smallest absolute Gasteiger partial charge is 0.410 e. The second kappa shape index (κ2) is 16.5. The van der Waals surface area contributed by atoms with Gasteiger partial charge >= 0.3 is 18.2 Å². The highest BCUT2D eigenvalue weighted by Gasteiger charge is 2.25. The van der Waals surface area contributed by atoms with Crippen molar-refractivity contribution in [1.82, 2.24) is 14.7 Å².